The van der Waals surface area contributed by atoms with Gasteiger partial charge in [0.15, 0.2) is 11.2 Å². The summed E-state index contributed by atoms with van der Waals surface area (Å²) in [5, 5.41) is 3.17. The zero-order valence-corrected chi connectivity index (χ0v) is 15.0. The van der Waals surface area contributed by atoms with Crippen molar-refractivity contribution in [1.82, 2.24) is 0 Å². The van der Waals surface area contributed by atoms with Crippen molar-refractivity contribution in [2.24, 2.45) is 0 Å². The number of rotatable bonds is 4. The van der Waals surface area contributed by atoms with E-state index in [-0.39, 0.29) is 11.2 Å². The van der Waals surface area contributed by atoms with Gasteiger partial charge in [-0.25, -0.2) is 0 Å². The maximum absolute atomic E-state index is 12.6. The molecule has 6 nitrogen and oxygen atoms in total. The third kappa shape index (κ3) is 3.26. The Hall–Kier alpha value is -3.28. The van der Waals surface area contributed by atoms with E-state index in [0.717, 1.165) is 11.1 Å². The van der Waals surface area contributed by atoms with Crippen LogP contribution in [0, 0.1) is 13.8 Å². The Morgan fingerprint density at radius 3 is 2.50 bits per heavy atom. The van der Waals surface area contributed by atoms with E-state index in [1.165, 1.54) is 20.3 Å². The van der Waals surface area contributed by atoms with Gasteiger partial charge in [0.1, 0.15) is 17.1 Å². The summed E-state index contributed by atoms with van der Waals surface area (Å²) in [6, 6.07) is 9.87. The predicted molar refractivity (Wildman–Crippen MR) is 99.5 cm³/mol. The molecule has 1 N–H and O–H groups in total. The first-order valence-electron chi connectivity index (χ1n) is 8.01. The van der Waals surface area contributed by atoms with E-state index in [1.807, 2.05) is 19.9 Å². The first-order chi connectivity index (χ1) is 12.4. The van der Waals surface area contributed by atoms with E-state index in [2.05, 4.69) is 5.32 Å². The van der Waals surface area contributed by atoms with Gasteiger partial charge in [-0.2, -0.15) is 0 Å². The molecule has 1 heterocycles. The highest BCUT2D eigenvalue weighted by Gasteiger charge is 2.16. The van der Waals surface area contributed by atoms with Gasteiger partial charge in [0.2, 0.25) is 0 Å². The van der Waals surface area contributed by atoms with Gasteiger partial charge in [-0.05, 0) is 43.2 Å². The minimum Gasteiger partial charge on any atom is -0.497 e. The number of aryl methyl sites for hydroxylation is 2. The summed E-state index contributed by atoms with van der Waals surface area (Å²) in [5.41, 5.74) is 2.31. The molecule has 6 heteroatoms. The average molecular weight is 353 g/mol. The Labute approximate surface area is 150 Å². The van der Waals surface area contributed by atoms with Gasteiger partial charge >= 0.3 is 0 Å². The van der Waals surface area contributed by atoms with Crippen LogP contribution in [0.1, 0.15) is 21.7 Å². The number of anilines is 1. The van der Waals surface area contributed by atoms with Crippen molar-refractivity contribution < 1.29 is 18.7 Å². The highest BCUT2D eigenvalue weighted by Crippen LogP contribution is 2.29. The Bertz CT molecular complexity index is 1050. The fraction of sp³-hybridized carbons (Fsp3) is 0.200. The molecule has 1 aromatic heterocycles. The molecule has 0 bridgehead atoms. The Morgan fingerprint density at radius 1 is 1.04 bits per heavy atom. The van der Waals surface area contributed by atoms with E-state index >= 15 is 0 Å². The van der Waals surface area contributed by atoms with Crippen molar-refractivity contribution in [3.63, 3.8) is 0 Å². The Kier molecular flexibility index (Phi) is 4.67. The van der Waals surface area contributed by atoms with Crippen LogP contribution in [0.3, 0.4) is 0 Å². The number of benzene rings is 2. The van der Waals surface area contributed by atoms with E-state index < -0.39 is 5.91 Å². The first kappa shape index (κ1) is 17.5. The lowest BCUT2D eigenvalue weighted by atomic mass is 10.1. The van der Waals surface area contributed by atoms with Crippen molar-refractivity contribution in [2.75, 3.05) is 19.5 Å². The smallest absolute Gasteiger partial charge is 0.291 e. The van der Waals surface area contributed by atoms with Crippen molar-refractivity contribution in [2.45, 2.75) is 13.8 Å². The molecular weight excluding hydrogens is 334 g/mol. The minimum atomic E-state index is -0.547. The molecule has 0 atom stereocenters. The minimum absolute atomic E-state index is 0.0719. The molecule has 0 unspecified atom stereocenters. The summed E-state index contributed by atoms with van der Waals surface area (Å²) >= 11 is 0. The highest BCUT2D eigenvalue weighted by atomic mass is 16.5. The lowest BCUT2D eigenvalue weighted by Gasteiger charge is -2.12. The number of fused-ring (bicyclic) bond motifs is 1. The molecule has 0 aliphatic carbocycles. The molecule has 0 fully saturated rings. The normalized spacial score (nSPS) is 10.6. The number of carbonyl (C=O) groups is 1. The molecule has 0 radical (unpaired) electrons. The number of hydrogen-bond acceptors (Lipinski definition) is 5. The number of carbonyl (C=O) groups excluding carboxylic acids is 1. The third-order valence-corrected chi connectivity index (χ3v) is 4.05. The molecule has 3 aromatic rings. The van der Waals surface area contributed by atoms with Crippen molar-refractivity contribution in [3.05, 3.63) is 63.5 Å². The number of amides is 1. The molecule has 0 aliphatic rings. The summed E-state index contributed by atoms with van der Waals surface area (Å²) in [4.78, 5) is 25.0. The SMILES string of the molecule is COc1ccc(OC)c(NC(=O)c2cc(=O)c3c(C)cc(C)cc3o2)c1. The van der Waals surface area contributed by atoms with Crippen LogP contribution in [0.2, 0.25) is 0 Å². The molecule has 0 saturated heterocycles. The molecule has 2 aromatic carbocycles. The predicted octanol–water partition coefficient (Wildman–Crippen LogP) is 3.68. The van der Waals surface area contributed by atoms with Crippen LogP contribution < -0.4 is 20.2 Å². The van der Waals surface area contributed by atoms with E-state index in [0.29, 0.717) is 28.2 Å². The fourth-order valence-electron chi connectivity index (χ4n) is 2.87. The van der Waals surface area contributed by atoms with Crippen molar-refractivity contribution in [3.8, 4) is 11.5 Å². The van der Waals surface area contributed by atoms with Crippen LogP contribution in [0.4, 0.5) is 5.69 Å². The Morgan fingerprint density at radius 2 is 1.81 bits per heavy atom. The van der Waals surface area contributed by atoms with Gasteiger partial charge in [-0.15, -0.1) is 0 Å². The molecule has 0 aliphatic heterocycles. The average Bonchev–Trinajstić information content (AvgIpc) is 2.60. The molecule has 1 amide bonds. The summed E-state index contributed by atoms with van der Waals surface area (Å²) in [6.07, 6.45) is 0. The number of methoxy groups -OCH3 is 2. The highest BCUT2D eigenvalue weighted by molar-refractivity contribution is 6.04. The van der Waals surface area contributed by atoms with Gasteiger partial charge in [0.25, 0.3) is 5.91 Å². The van der Waals surface area contributed by atoms with E-state index in [1.54, 1.807) is 24.3 Å². The van der Waals surface area contributed by atoms with E-state index in [9.17, 15) is 9.59 Å². The van der Waals surface area contributed by atoms with Crippen molar-refractivity contribution >= 4 is 22.6 Å². The maximum atomic E-state index is 12.6. The van der Waals surface area contributed by atoms with Crippen LogP contribution in [0.5, 0.6) is 11.5 Å². The van der Waals surface area contributed by atoms with Gasteiger partial charge in [0.05, 0.1) is 25.3 Å². The third-order valence-electron chi connectivity index (χ3n) is 4.05. The first-order valence-corrected chi connectivity index (χ1v) is 8.01. The second-order valence-electron chi connectivity index (χ2n) is 5.95. The second-order valence-corrected chi connectivity index (χ2v) is 5.95. The maximum Gasteiger partial charge on any atom is 0.291 e. The topological polar surface area (TPSA) is 77.8 Å². The quantitative estimate of drug-likeness (QED) is 0.774. The number of ether oxygens (including phenoxy) is 2. The van der Waals surface area contributed by atoms with Crippen LogP contribution in [-0.4, -0.2) is 20.1 Å². The molecule has 134 valence electrons. The summed E-state index contributed by atoms with van der Waals surface area (Å²) < 4.78 is 16.1. The number of hydrogen-bond donors (Lipinski definition) is 1. The van der Waals surface area contributed by atoms with Gasteiger partial charge in [0, 0.05) is 12.1 Å². The summed E-state index contributed by atoms with van der Waals surface area (Å²) in [6.45, 7) is 3.74. The zero-order valence-electron chi connectivity index (χ0n) is 15.0. The second kappa shape index (κ2) is 6.92. The molecular formula is C20H19NO5. The van der Waals surface area contributed by atoms with Crippen LogP contribution in [-0.2, 0) is 0 Å². The van der Waals surface area contributed by atoms with Crippen LogP contribution in [0.25, 0.3) is 11.0 Å². The molecule has 3 rings (SSSR count). The van der Waals surface area contributed by atoms with Gasteiger partial charge in [-0.1, -0.05) is 6.07 Å². The van der Waals surface area contributed by atoms with Crippen LogP contribution in [0.15, 0.2) is 45.6 Å². The molecule has 26 heavy (non-hydrogen) atoms. The monoisotopic (exact) mass is 353 g/mol. The lowest BCUT2D eigenvalue weighted by molar-refractivity contribution is 0.0997. The molecule has 0 spiro atoms. The Balaban J connectivity index is 2.02. The van der Waals surface area contributed by atoms with Crippen molar-refractivity contribution in [1.29, 1.82) is 0 Å². The number of nitrogens with one attached hydrogen (secondary N) is 1. The van der Waals surface area contributed by atoms with Gasteiger partial charge < -0.3 is 19.2 Å². The standard InChI is InChI=1S/C20H19NO5/c1-11-7-12(2)19-15(22)10-18(26-17(19)8-11)20(23)21-14-9-13(24-3)5-6-16(14)25-4/h5-10H,1-4H3,(H,21,23). The zero-order chi connectivity index (χ0) is 18.8. The molecule has 0 saturated carbocycles. The van der Waals surface area contributed by atoms with Crippen LogP contribution >= 0.6 is 0 Å². The fourth-order valence-corrected chi connectivity index (χ4v) is 2.87. The largest absolute Gasteiger partial charge is 0.497 e. The summed E-state index contributed by atoms with van der Waals surface area (Å²) in [7, 11) is 3.03. The van der Waals surface area contributed by atoms with Gasteiger partial charge in [-0.3, -0.25) is 9.59 Å². The lowest BCUT2D eigenvalue weighted by Crippen LogP contribution is -2.16. The summed E-state index contributed by atoms with van der Waals surface area (Å²) in [5.74, 6) is 0.411. The van der Waals surface area contributed by atoms with E-state index in [4.69, 9.17) is 13.9 Å².